The Hall–Kier alpha value is -0.610. The van der Waals surface area contributed by atoms with Gasteiger partial charge in [-0.25, -0.2) is 0 Å². The second-order valence-electron chi connectivity index (χ2n) is 5.23. The zero-order chi connectivity index (χ0) is 12.3. The van der Waals surface area contributed by atoms with Gasteiger partial charge in [0, 0.05) is 12.6 Å². The Morgan fingerprint density at radius 1 is 1.41 bits per heavy atom. The number of ether oxygens (including phenoxy) is 1. The van der Waals surface area contributed by atoms with E-state index in [1.807, 2.05) is 6.92 Å². The summed E-state index contributed by atoms with van der Waals surface area (Å²) in [5.74, 6) is 0.737. The number of nitrogens with two attached hydrogens (primary N) is 1. The zero-order valence-electron chi connectivity index (χ0n) is 10.7. The summed E-state index contributed by atoms with van der Waals surface area (Å²) in [4.78, 5) is 12.0. The van der Waals surface area contributed by atoms with Crippen molar-refractivity contribution in [3.63, 3.8) is 0 Å². The lowest BCUT2D eigenvalue weighted by atomic mass is 9.84. The van der Waals surface area contributed by atoms with Crippen LogP contribution in [0.25, 0.3) is 0 Å². The van der Waals surface area contributed by atoms with Gasteiger partial charge in [0.1, 0.15) is 0 Å². The fourth-order valence-electron chi connectivity index (χ4n) is 2.82. The molecule has 4 nitrogen and oxygen atoms in total. The molecule has 4 atom stereocenters. The van der Waals surface area contributed by atoms with E-state index < -0.39 is 0 Å². The van der Waals surface area contributed by atoms with Crippen LogP contribution < -0.4 is 11.1 Å². The quantitative estimate of drug-likeness (QED) is 0.755. The van der Waals surface area contributed by atoms with E-state index in [4.69, 9.17) is 10.5 Å². The molecule has 2 aliphatic rings. The molecule has 2 rings (SSSR count). The number of carbonyl (C=O) groups is 1. The molecule has 0 aromatic carbocycles. The van der Waals surface area contributed by atoms with Gasteiger partial charge in [-0.15, -0.1) is 0 Å². The molecule has 0 aromatic heterocycles. The molecule has 2 aliphatic carbocycles. The third-order valence-corrected chi connectivity index (χ3v) is 3.99. The molecule has 0 heterocycles. The van der Waals surface area contributed by atoms with E-state index in [9.17, 15) is 4.79 Å². The largest absolute Gasteiger partial charge is 0.378 e. The molecule has 0 saturated heterocycles. The van der Waals surface area contributed by atoms with Crippen LogP contribution in [0.5, 0.6) is 0 Å². The summed E-state index contributed by atoms with van der Waals surface area (Å²) in [6, 6.07) is 0.295. The molecule has 3 N–H and O–H groups in total. The first kappa shape index (κ1) is 12.8. The number of hydrogen-bond acceptors (Lipinski definition) is 3. The molecule has 2 saturated carbocycles. The van der Waals surface area contributed by atoms with Crippen molar-refractivity contribution in [2.75, 3.05) is 13.2 Å². The second kappa shape index (κ2) is 5.83. The van der Waals surface area contributed by atoms with Crippen LogP contribution in [-0.2, 0) is 9.53 Å². The van der Waals surface area contributed by atoms with E-state index in [1.54, 1.807) is 0 Å². The molecule has 4 unspecified atom stereocenters. The average molecular weight is 240 g/mol. The van der Waals surface area contributed by atoms with Gasteiger partial charge in [-0.3, -0.25) is 4.79 Å². The third-order valence-electron chi connectivity index (χ3n) is 3.99. The second-order valence-corrected chi connectivity index (χ2v) is 5.23. The zero-order valence-corrected chi connectivity index (χ0v) is 10.7. The smallest absolute Gasteiger partial charge is 0.226 e. The van der Waals surface area contributed by atoms with Gasteiger partial charge < -0.3 is 15.8 Å². The maximum Gasteiger partial charge on any atom is 0.226 e. The standard InChI is InChI=1S/C13H24N2O2/c1-2-17-12-7-10(12)13(16)15-11-6-4-3-5-9(11)8-14/h9-12H,2-8,14H2,1H3,(H,15,16). The van der Waals surface area contributed by atoms with E-state index in [0.29, 0.717) is 25.1 Å². The monoisotopic (exact) mass is 240 g/mol. The number of amides is 1. The highest BCUT2D eigenvalue weighted by atomic mass is 16.5. The molecule has 98 valence electrons. The van der Waals surface area contributed by atoms with Crippen molar-refractivity contribution in [1.29, 1.82) is 0 Å². The Balaban J connectivity index is 1.78. The van der Waals surface area contributed by atoms with Gasteiger partial charge in [-0.05, 0) is 38.6 Å². The van der Waals surface area contributed by atoms with Crippen molar-refractivity contribution in [2.24, 2.45) is 17.6 Å². The van der Waals surface area contributed by atoms with Crippen LogP contribution in [0.4, 0.5) is 0 Å². The van der Waals surface area contributed by atoms with Crippen molar-refractivity contribution < 1.29 is 9.53 Å². The summed E-state index contributed by atoms with van der Waals surface area (Å²) in [5, 5.41) is 3.17. The van der Waals surface area contributed by atoms with Crippen molar-refractivity contribution >= 4 is 5.91 Å². The van der Waals surface area contributed by atoms with Crippen LogP contribution in [0.15, 0.2) is 0 Å². The molecule has 0 aliphatic heterocycles. The summed E-state index contributed by atoms with van der Waals surface area (Å²) in [7, 11) is 0. The Bertz CT molecular complexity index is 270. The van der Waals surface area contributed by atoms with Gasteiger partial charge in [0.15, 0.2) is 0 Å². The first-order valence-corrected chi connectivity index (χ1v) is 6.88. The molecule has 17 heavy (non-hydrogen) atoms. The minimum Gasteiger partial charge on any atom is -0.378 e. The fraction of sp³-hybridized carbons (Fsp3) is 0.923. The summed E-state index contributed by atoms with van der Waals surface area (Å²) in [6.45, 7) is 3.35. The average Bonchev–Trinajstić information content (AvgIpc) is 3.10. The highest BCUT2D eigenvalue weighted by Gasteiger charge is 2.44. The third kappa shape index (κ3) is 3.19. The minimum absolute atomic E-state index is 0.0929. The number of carbonyl (C=O) groups excluding carboxylic acids is 1. The Labute approximate surface area is 103 Å². The van der Waals surface area contributed by atoms with Crippen LogP contribution in [0.3, 0.4) is 0 Å². The van der Waals surface area contributed by atoms with E-state index in [-0.39, 0.29) is 17.9 Å². The van der Waals surface area contributed by atoms with Crippen LogP contribution in [-0.4, -0.2) is 31.2 Å². The maximum absolute atomic E-state index is 12.0. The van der Waals surface area contributed by atoms with Gasteiger partial charge in [0.2, 0.25) is 5.91 Å². The molecule has 1 amide bonds. The van der Waals surface area contributed by atoms with Crippen LogP contribution in [0, 0.1) is 11.8 Å². The van der Waals surface area contributed by atoms with Gasteiger partial charge in [0.05, 0.1) is 12.0 Å². The molecule has 2 fully saturated rings. The highest BCUT2D eigenvalue weighted by Crippen LogP contribution is 2.34. The molecular weight excluding hydrogens is 216 g/mol. The Morgan fingerprint density at radius 2 is 2.18 bits per heavy atom. The van der Waals surface area contributed by atoms with Crippen LogP contribution in [0.1, 0.15) is 39.0 Å². The van der Waals surface area contributed by atoms with Crippen LogP contribution in [0.2, 0.25) is 0 Å². The highest BCUT2D eigenvalue weighted by molar-refractivity contribution is 5.82. The lowest BCUT2D eigenvalue weighted by Crippen LogP contribution is -2.45. The SMILES string of the molecule is CCOC1CC1C(=O)NC1CCCCC1CN. The Morgan fingerprint density at radius 3 is 2.88 bits per heavy atom. The summed E-state index contributed by atoms with van der Waals surface area (Å²) < 4.78 is 5.44. The normalized spacial score (nSPS) is 36.6. The van der Waals surface area contributed by atoms with Crippen molar-refractivity contribution in [3.8, 4) is 0 Å². The van der Waals surface area contributed by atoms with Crippen LogP contribution >= 0.6 is 0 Å². The number of nitrogens with one attached hydrogen (secondary N) is 1. The minimum atomic E-state index is 0.0929. The van der Waals surface area contributed by atoms with Gasteiger partial charge >= 0.3 is 0 Å². The molecule has 0 spiro atoms. The number of hydrogen-bond donors (Lipinski definition) is 2. The molecule has 4 heteroatoms. The Kier molecular flexibility index (Phi) is 4.40. The van der Waals surface area contributed by atoms with Crippen molar-refractivity contribution in [3.05, 3.63) is 0 Å². The lowest BCUT2D eigenvalue weighted by Gasteiger charge is -2.31. The van der Waals surface area contributed by atoms with Crippen molar-refractivity contribution in [2.45, 2.75) is 51.2 Å². The first-order chi connectivity index (χ1) is 8.26. The predicted molar refractivity (Wildman–Crippen MR) is 66.5 cm³/mol. The molecule has 0 aromatic rings. The summed E-state index contributed by atoms with van der Waals surface area (Å²) >= 11 is 0. The van der Waals surface area contributed by atoms with Gasteiger partial charge in [0.25, 0.3) is 0 Å². The van der Waals surface area contributed by atoms with Gasteiger partial charge in [-0.2, -0.15) is 0 Å². The molecular formula is C13H24N2O2. The predicted octanol–water partition coefficient (Wildman–Crippen LogP) is 1.05. The topological polar surface area (TPSA) is 64.3 Å². The van der Waals surface area contributed by atoms with E-state index in [0.717, 1.165) is 19.3 Å². The number of rotatable bonds is 5. The van der Waals surface area contributed by atoms with E-state index in [2.05, 4.69) is 5.32 Å². The summed E-state index contributed by atoms with van der Waals surface area (Å²) in [5.41, 5.74) is 5.76. The van der Waals surface area contributed by atoms with Gasteiger partial charge in [-0.1, -0.05) is 12.8 Å². The molecule has 0 radical (unpaired) electrons. The fourth-order valence-corrected chi connectivity index (χ4v) is 2.82. The lowest BCUT2D eigenvalue weighted by molar-refractivity contribution is -0.124. The van der Waals surface area contributed by atoms with E-state index in [1.165, 1.54) is 12.8 Å². The first-order valence-electron chi connectivity index (χ1n) is 6.88. The summed E-state index contributed by atoms with van der Waals surface area (Å²) in [6.07, 6.45) is 5.75. The van der Waals surface area contributed by atoms with E-state index >= 15 is 0 Å². The molecule has 0 bridgehead atoms. The van der Waals surface area contributed by atoms with Crippen molar-refractivity contribution in [1.82, 2.24) is 5.32 Å². The maximum atomic E-state index is 12.0.